The Labute approximate surface area is 111 Å². The fourth-order valence-electron chi connectivity index (χ4n) is 2.05. The number of carboxylic acid groups (broad SMARTS) is 1. The predicted octanol–water partition coefficient (Wildman–Crippen LogP) is 1.73. The van der Waals surface area contributed by atoms with Crippen LogP contribution in [0.1, 0.15) is 35.7 Å². The lowest BCUT2D eigenvalue weighted by Gasteiger charge is -2.20. The third-order valence-corrected chi connectivity index (χ3v) is 3.37. The Bertz CT molecular complexity index is 524. The summed E-state index contributed by atoms with van der Waals surface area (Å²) in [5, 5.41) is 9.10. The van der Waals surface area contributed by atoms with Gasteiger partial charge in [0, 0.05) is 7.05 Å². The number of amides is 1. The number of benzene rings is 1. The van der Waals surface area contributed by atoms with E-state index in [9.17, 15) is 9.59 Å². The molecule has 2 rings (SSSR count). The van der Waals surface area contributed by atoms with Crippen LogP contribution >= 0.6 is 0 Å². The quantitative estimate of drug-likeness (QED) is 0.882. The number of carboxylic acids is 1. The van der Waals surface area contributed by atoms with Gasteiger partial charge < -0.3 is 14.7 Å². The molecule has 0 saturated carbocycles. The summed E-state index contributed by atoms with van der Waals surface area (Å²) in [7, 11) is 1.49. The van der Waals surface area contributed by atoms with Crippen LogP contribution in [0.3, 0.4) is 0 Å². The van der Waals surface area contributed by atoms with Crippen LogP contribution in [0.4, 0.5) is 0 Å². The van der Waals surface area contributed by atoms with Gasteiger partial charge in [-0.2, -0.15) is 0 Å². The van der Waals surface area contributed by atoms with Crippen LogP contribution < -0.4 is 4.74 Å². The molecule has 1 aromatic rings. The molecule has 0 bridgehead atoms. The number of hydrogen-bond acceptors (Lipinski definition) is 3. The molecule has 1 atom stereocenters. The van der Waals surface area contributed by atoms with Gasteiger partial charge in [-0.05, 0) is 23.6 Å². The Morgan fingerprint density at radius 3 is 2.74 bits per heavy atom. The van der Waals surface area contributed by atoms with Gasteiger partial charge in [-0.15, -0.1) is 0 Å². The van der Waals surface area contributed by atoms with Crippen molar-refractivity contribution in [2.24, 2.45) is 0 Å². The number of rotatable bonds is 2. The SMILES string of the molecule is CC(C)c1ccc2c(c1)C(=O)N(C)C(C(=O)O)CO2. The second-order valence-corrected chi connectivity index (χ2v) is 4.99. The summed E-state index contributed by atoms with van der Waals surface area (Å²) in [5.41, 5.74) is 1.45. The summed E-state index contributed by atoms with van der Waals surface area (Å²) in [4.78, 5) is 24.6. The van der Waals surface area contributed by atoms with Crippen LogP contribution in [0.5, 0.6) is 5.75 Å². The maximum atomic E-state index is 12.3. The highest BCUT2D eigenvalue weighted by atomic mass is 16.5. The smallest absolute Gasteiger partial charge is 0.330 e. The molecule has 0 radical (unpaired) electrons. The van der Waals surface area contributed by atoms with E-state index in [2.05, 4.69) is 0 Å². The highest BCUT2D eigenvalue weighted by molar-refractivity contribution is 5.99. The van der Waals surface area contributed by atoms with Crippen LogP contribution in [0.25, 0.3) is 0 Å². The Balaban J connectivity index is 2.44. The monoisotopic (exact) mass is 263 g/mol. The van der Waals surface area contributed by atoms with E-state index in [1.54, 1.807) is 12.1 Å². The molecule has 5 heteroatoms. The van der Waals surface area contributed by atoms with Gasteiger partial charge in [0.1, 0.15) is 12.4 Å². The van der Waals surface area contributed by atoms with Gasteiger partial charge in [-0.3, -0.25) is 4.79 Å². The predicted molar refractivity (Wildman–Crippen MR) is 69.5 cm³/mol. The molecule has 19 heavy (non-hydrogen) atoms. The molecule has 102 valence electrons. The number of likely N-dealkylation sites (N-methyl/N-ethyl adjacent to an activating group) is 1. The molecule has 0 spiro atoms. The van der Waals surface area contributed by atoms with E-state index >= 15 is 0 Å². The van der Waals surface area contributed by atoms with Gasteiger partial charge >= 0.3 is 5.97 Å². The maximum Gasteiger partial charge on any atom is 0.330 e. The van der Waals surface area contributed by atoms with Crippen LogP contribution in [0.15, 0.2) is 18.2 Å². The highest BCUT2D eigenvalue weighted by Gasteiger charge is 2.33. The fourth-order valence-corrected chi connectivity index (χ4v) is 2.05. The van der Waals surface area contributed by atoms with Crippen molar-refractivity contribution in [3.63, 3.8) is 0 Å². The van der Waals surface area contributed by atoms with Crippen molar-refractivity contribution in [3.05, 3.63) is 29.3 Å². The number of nitrogens with zero attached hydrogens (tertiary/aromatic N) is 1. The first-order valence-corrected chi connectivity index (χ1v) is 6.18. The van der Waals surface area contributed by atoms with Crippen LogP contribution in [-0.4, -0.2) is 41.6 Å². The largest absolute Gasteiger partial charge is 0.490 e. The Morgan fingerprint density at radius 1 is 1.47 bits per heavy atom. The van der Waals surface area contributed by atoms with Crippen LogP contribution in [0, 0.1) is 0 Å². The molecule has 0 aliphatic carbocycles. The number of carbonyl (C=O) groups is 2. The Hall–Kier alpha value is -2.04. The number of carbonyl (C=O) groups excluding carboxylic acids is 1. The first kappa shape index (κ1) is 13.4. The van der Waals surface area contributed by atoms with Crippen molar-refractivity contribution >= 4 is 11.9 Å². The lowest BCUT2D eigenvalue weighted by molar-refractivity contribution is -0.142. The van der Waals surface area contributed by atoms with Crippen molar-refractivity contribution in [1.82, 2.24) is 4.90 Å². The van der Waals surface area contributed by atoms with Gasteiger partial charge in [-0.1, -0.05) is 19.9 Å². The van der Waals surface area contributed by atoms with Gasteiger partial charge in [0.25, 0.3) is 5.91 Å². The average molecular weight is 263 g/mol. The zero-order valence-corrected chi connectivity index (χ0v) is 11.2. The molecule has 0 fully saturated rings. The van der Waals surface area contributed by atoms with E-state index in [-0.39, 0.29) is 12.5 Å². The van der Waals surface area contributed by atoms with E-state index < -0.39 is 12.0 Å². The van der Waals surface area contributed by atoms with Crippen LogP contribution in [0.2, 0.25) is 0 Å². The maximum absolute atomic E-state index is 12.3. The normalized spacial score (nSPS) is 18.8. The first-order valence-electron chi connectivity index (χ1n) is 6.18. The lowest BCUT2D eigenvalue weighted by atomic mass is 10.00. The molecule has 1 heterocycles. The number of hydrogen-bond donors (Lipinski definition) is 1. The number of aliphatic carboxylic acids is 1. The van der Waals surface area contributed by atoms with E-state index in [1.165, 1.54) is 11.9 Å². The molecule has 1 unspecified atom stereocenters. The van der Waals surface area contributed by atoms with Crippen molar-refractivity contribution < 1.29 is 19.4 Å². The van der Waals surface area contributed by atoms with Crippen molar-refractivity contribution in [2.75, 3.05) is 13.7 Å². The Kier molecular flexibility index (Phi) is 3.46. The number of ether oxygens (including phenoxy) is 1. The molecule has 1 aliphatic heterocycles. The fraction of sp³-hybridized carbons (Fsp3) is 0.429. The second-order valence-electron chi connectivity index (χ2n) is 4.99. The van der Waals surface area contributed by atoms with E-state index in [0.29, 0.717) is 17.2 Å². The van der Waals surface area contributed by atoms with Crippen molar-refractivity contribution in [2.45, 2.75) is 25.8 Å². The van der Waals surface area contributed by atoms with Crippen LogP contribution in [-0.2, 0) is 4.79 Å². The van der Waals surface area contributed by atoms with Gasteiger partial charge in [0.2, 0.25) is 0 Å². The summed E-state index contributed by atoms with van der Waals surface area (Å²) in [6.45, 7) is 4.03. The number of fused-ring (bicyclic) bond motifs is 1. The molecule has 0 aromatic heterocycles. The molecule has 0 saturated heterocycles. The van der Waals surface area contributed by atoms with Crippen molar-refractivity contribution in [1.29, 1.82) is 0 Å². The minimum absolute atomic E-state index is 0.0361. The van der Waals surface area contributed by atoms with E-state index in [4.69, 9.17) is 9.84 Å². The highest BCUT2D eigenvalue weighted by Crippen LogP contribution is 2.28. The summed E-state index contributed by atoms with van der Waals surface area (Å²) in [6.07, 6.45) is 0. The topological polar surface area (TPSA) is 66.8 Å². The lowest BCUT2D eigenvalue weighted by Crippen LogP contribution is -2.44. The summed E-state index contributed by atoms with van der Waals surface area (Å²) < 4.78 is 5.45. The molecule has 1 amide bonds. The zero-order chi connectivity index (χ0) is 14.2. The summed E-state index contributed by atoms with van der Waals surface area (Å²) in [6, 6.07) is 4.46. The van der Waals surface area contributed by atoms with Gasteiger partial charge in [0.15, 0.2) is 6.04 Å². The summed E-state index contributed by atoms with van der Waals surface area (Å²) in [5.74, 6) is -0.637. The van der Waals surface area contributed by atoms with E-state index in [1.807, 2.05) is 19.9 Å². The molecule has 1 aromatic carbocycles. The molecular formula is C14H17NO4. The first-order chi connectivity index (χ1) is 8.91. The summed E-state index contributed by atoms with van der Waals surface area (Å²) >= 11 is 0. The molecule has 1 N–H and O–H groups in total. The standard InChI is InChI=1S/C14H17NO4/c1-8(2)9-4-5-12-10(6-9)13(16)15(3)11(7-19-12)14(17)18/h4-6,8,11H,7H2,1-3H3,(H,17,18). The third kappa shape index (κ3) is 2.41. The zero-order valence-electron chi connectivity index (χ0n) is 11.2. The molecular weight excluding hydrogens is 246 g/mol. The average Bonchev–Trinajstić information content (AvgIpc) is 2.48. The van der Waals surface area contributed by atoms with E-state index in [0.717, 1.165) is 5.56 Å². The van der Waals surface area contributed by atoms with Crippen molar-refractivity contribution in [3.8, 4) is 5.75 Å². The minimum Gasteiger partial charge on any atom is -0.490 e. The van der Waals surface area contributed by atoms with Gasteiger partial charge in [0.05, 0.1) is 5.56 Å². The molecule has 5 nitrogen and oxygen atoms in total. The van der Waals surface area contributed by atoms with Gasteiger partial charge in [-0.25, -0.2) is 4.79 Å². The molecule has 1 aliphatic rings. The minimum atomic E-state index is -1.06. The third-order valence-electron chi connectivity index (χ3n) is 3.37. The second kappa shape index (κ2) is 4.91. The Morgan fingerprint density at radius 2 is 2.16 bits per heavy atom.